The predicted molar refractivity (Wildman–Crippen MR) is 163 cm³/mol. The van der Waals surface area contributed by atoms with E-state index in [1.54, 1.807) is 0 Å². The lowest BCUT2D eigenvalue weighted by molar-refractivity contribution is -0.108. The minimum absolute atomic E-state index is 0.523. The molecule has 1 aliphatic rings. The molecular weight excluding hydrogens is 462 g/mol. The van der Waals surface area contributed by atoms with Crippen molar-refractivity contribution in [2.24, 2.45) is 0 Å². The molecule has 4 nitrogen and oxygen atoms in total. The Balaban J connectivity index is 0.000000941. The second-order valence-corrected chi connectivity index (χ2v) is 9.95. The van der Waals surface area contributed by atoms with E-state index in [1.165, 1.54) is 40.3 Å². The second kappa shape index (κ2) is 21.1. The van der Waals surface area contributed by atoms with E-state index in [1.807, 2.05) is 32.7 Å². The van der Waals surface area contributed by atoms with E-state index >= 15 is 0 Å². The number of carbonyl (C=O) groups excluding carboxylic acids is 1. The molecule has 1 fully saturated rings. The molecule has 2 unspecified atom stereocenters. The third-order valence-electron chi connectivity index (χ3n) is 6.27. The predicted octanol–water partition coefficient (Wildman–Crippen LogP) is 7.31. The fourth-order valence-corrected chi connectivity index (χ4v) is 5.08. The van der Waals surface area contributed by atoms with Crippen LogP contribution in [0.25, 0.3) is 0 Å². The highest BCUT2D eigenvalue weighted by Gasteiger charge is 2.18. The number of aryl methyl sites for hydroxylation is 1. The Morgan fingerprint density at radius 1 is 1.14 bits per heavy atom. The van der Waals surface area contributed by atoms with E-state index in [2.05, 4.69) is 81.1 Å². The average molecular weight is 516 g/mol. The van der Waals surface area contributed by atoms with Crippen molar-refractivity contribution in [3.63, 3.8) is 0 Å². The van der Waals surface area contributed by atoms with E-state index in [9.17, 15) is 4.79 Å². The number of benzene rings is 1. The Labute approximate surface area is 226 Å². The Hall–Kier alpha value is -1.98. The van der Waals surface area contributed by atoms with E-state index in [0.717, 1.165) is 49.8 Å². The van der Waals surface area contributed by atoms with Crippen LogP contribution in [-0.4, -0.2) is 36.9 Å². The number of carbonyl (C=O) groups is 1. The summed E-state index contributed by atoms with van der Waals surface area (Å²) >= 11 is 2.04. The van der Waals surface area contributed by atoms with Crippen LogP contribution in [0.1, 0.15) is 84.3 Å². The number of rotatable bonds is 14. The number of thioether (sulfide) groups is 1. The summed E-state index contributed by atoms with van der Waals surface area (Å²) in [6, 6.07) is 9.73. The summed E-state index contributed by atoms with van der Waals surface area (Å²) in [5, 5.41) is 10.3. The second-order valence-electron chi connectivity index (χ2n) is 8.80. The van der Waals surface area contributed by atoms with E-state index in [0.29, 0.717) is 18.5 Å². The van der Waals surface area contributed by atoms with Crippen LogP contribution in [0.3, 0.4) is 0 Å². The molecule has 2 rings (SSSR count). The molecule has 0 aliphatic carbocycles. The third kappa shape index (κ3) is 13.4. The molecule has 36 heavy (non-hydrogen) atoms. The van der Waals surface area contributed by atoms with Gasteiger partial charge in [-0.2, -0.15) is 11.8 Å². The molecule has 3 N–H and O–H groups in total. The molecule has 2 atom stereocenters. The van der Waals surface area contributed by atoms with E-state index < -0.39 is 0 Å². The Kier molecular flexibility index (Phi) is 20.0. The van der Waals surface area contributed by atoms with Crippen LogP contribution in [0.15, 0.2) is 60.0 Å². The summed E-state index contributed by atoms with van der Waals surface area (Å²) in [6.07, 6.45) is 6.96. The zero-order valence-corrected chi connectivity index (χ0v) is 25.0. The van der Waals surface area contributed by atoms with Crippen LogP contribution in [0.5, 0.6) is 0 Å². The third-order valence-corrected chi connectivity index (χ3v) is 7.43. The van der Waals surface area contributed by atoms with Crippen LogP contribution in [0.4, 0.5) is 0 Å². The minimum Gasteiger partial charge on any atom is -0.385 e. The van der Waals surface area contributed by atoms with Gasteiger partial charge in [0.2, 0.25) is 0 Å². The number of nitrogens with one attached hydrogen (secondary N) is 3. The van der Waals surface area contributed by atoms with Gasteiger partial charge < -0.3 is 20.7 Å². The number of hydrogen-bond acceptors (Lipinski definition) is 5. The lowest BCUT2D eigenvalue weighted by atomic mass is 9.98. The molecule has 1 aliphatic heterocycles. The normalized spacial score (nSPS) is 15.8. The van der Waals surface area contributed by atoms with E-state index in [4.69, 9.17) is 0 Å². The average Bonchev–Trinajstić information content (AvgIpc) is 3.43. The molecule has 1 aromatic rings. The molecule has 1 saturated heterocycles. The van der Waals surface area contributed by atoms with Crippen molar-refractivity contribution in [1.29, 1.82) is 0 Å². The van der Waals surface area contributed by atoms with E-state index in [-0.39, 0.29) is 0 Å². The lowest BCUT2D eigenvalue weighted by Crippen LogP contribution is -2.29. The Morgan fingerprint density at radius 3 is 2.28 bits per heavy atom. The van der Waals surface area contributed by atoms with Gasteiger partial charge in [-0.15, -0.1) is 0 Å². The van der Waals surface area contributed by atoms with Gasteiger partial charge in [-0.05, 0) is 68.5 Å². The first kappa shape index (κ1) is 34.0. The molecular formula is C31H53N3OS. The molecule has 1 aromatic carbocycles. The fraction of sp³-hybridized carbons (Fsp3) is 0.581. The first-order valence-electron chi connectivity index (χ1n) is 13.7. The highest BCUT2D eigenvalue weighted by atomic mass is 32.2. The maximum Gasteiger partial charge on any atom is 0.120 e. The summed E-state index contributed by atoms with van der Waals surface area (Å²) in [7, 11) is 1.93. The van der Waals surface area contributed by atoms with Crippen molar-refractivity contribution in [3.8, 4) is 0 Å². The molecule has 1 heterocycles. The smallest absolute Gasteiger partial charge is 0.120 e. The van der Waals surface area contributed by atoms with Crippen LogP contribution in [0.2, 0.25) is 0 Å². The number of hydrogen-bond donors (Lipinski definition) is 3. The molecule has 0 radical (unpaired) electrons. The summed E-state index contributed by atoms with van der Waals surface area (Å²) in [5.41, 5.74) is 7.14. The van der Waals surface area contributed by atoms with Crippen LogP contribution in [0, 0.1) is 6.92 Å². The molecule has 0 amide bonds. The highest BCUT2D eigenvalue weighted by molar-refractivity contribution is 7.99. The maximum atomic E-state index is 9.91. The van der Waals surface area contributed by atoms with Crippen molar-refractivity contribution >= 4 is 18.0 Å². The molecule has 0 aromatic heterocycles. The van der Waals surface area contributed by atoms with Gasteiger partial charge >= 0.3 is 0 Å². The maximum absolute atomic E-state index is 9.91. The van der Waals surface area contributed by atoms with Crippen molar-refractivity contribution in [1.82, 2.24) is 16.0 Å². The van der Waals surface area contributed by atoms with Gasteiger partial charge in [-0.3, -0.25) is 0 Å². The molecule has 0 bridgehead atoms. The van der Waals surface area contributed by atoms with Crippen LogP contribution >= 0.6 is 11.8 Å². The fourth-order valence-electron chi connectivity index (χ4n) is 3.93. The van der Waals surface area contributed by atoms with Gasteiger partial charge in [-0.25, -0.2) is 0 Å². The first-order chi connectivity index (χ1) is 17.4. The Bertz CT molecular complexity index is 776. The SMILES string of the molecule is C=C(NCc1ccc(C)cc1)C(=C)/C(CC)=C(/CC)NC1CCSC1.CC.CCC(CCC=O)NC. The van der Waals surface area contributed by atoms with Crippen molar-refractivity contribution < 1.29 is 4.79 Å². The van der Waals surface area contributed by atoms with Crippen LogP contribution in [-0.2, 0) is 11.3 Å². The molecule has 0 spiro atoms. The quantitative estimate of drug-likeness (QED) is 0.179. The first-order valence-corrected chi connectivity index (χ1v) is 14.9. The highest BCUT2D eigenvalue weighted by Crippen LogP contribution is 2.25. The monoisotopic (exact) mass is 515 g/mol. The number of allylic oxidation sites excluding steroid dienone is 2. The zero-order chi connectivity index (χ0) is 27.3. The van der Waals surface area contributed by atoms with Gasteiger partial charge in [0.25, 0.3) is 0 Å². The van der Waals surface area contributed by atoms with Crippen molar-refractivity contribution in [2.75, 3.05) is 18.6 Å². The lowest BCUT2D eigenvalue weighted by Gasteiger charge is -2.22. The standard InChI is InChI=1S/C22H32N2S.C7H15NO.C2H6/c1-6-21(22(7-2)24-20-12-13-25-15-20)17(4)18(5)23-14-19-10-8-16(3)9-11-19;1-3-7(8-2)5-4-6-9;1-2/h8-11,20,23-24H,4-7,12-15H2,1-3H3;6-8H,3-5H2,1-2H3;1-2H3/b22-21-;;. The topological polar surface area (TPSA) is 53.2 Å². The zero-order valence-electron chi connectivity index (χ0n) is 24.1. The summed E-state index contributed by atoms with van der Waals surface area (Å²) in [5.74, 6) is 2.47. The summed E-state index contributed by atoms with van der Waals surface area (Å²) < 4.78 is 0. The van der Waals surface area contributed by atoms with Gasteiger partial charge in [-0.1, -0.05) is 77.6 Å². The Morgan fingerprint density at radius 2 is 1.81 bits per heavy atom. The minimum atomic E-state index is 0.523. The summed E-state index contributed by atoms with van der Waals surface area (Å²) in [6.45, 7) is 22.0. The molecule has 0 saturated carbocycles. The largest absolute Gasteiger partial charge is 0.385 e. The van der Waals surface area contributed by atoms with Gasteiger partial charge in [0.1, 0.15) is 6.29 Å². The van der Waals surface area contributed by atoms with Crippen molar-refractivity contribution in [3.05, 3.63) is 71.1 Å². The van der Waals surface area contributed by atoms with Crippen molar-refractivity contribution in [2.45, 2.75) is 98.7 Å². The van der Waals surface area contributed by atoms with Crippen LogP contribution < -0.4 is 16.0 Å². The summed E-state index contributed by atoms with van der Waals surface area (Å²) in [4.78, 5) is 9.91. The number of aldehydes is 1. The van der Waals surface area contributed by atoms with Gasteiger partial charge in [0.15, 0.2) is 0 Å². The van der Waals surface area contributed by atoms with Gasteiger partial charge in [0, 0.05) is 42.2 Å². The molecule has 5 heteroatoms. The van der Waals surface area contributed by atoms with Gasteiger partial charge in [0.05, 0.1) is 0 Å². The molecule has 204 valence electrons.